The number of hydrogen-bond acceptors (Lipinski definition) is 6. The van der Waals surface area contributed by atoms with E-state index in [4.69, 9.17) is 22.1 Å². The molecular weight excluding hydrogens is 354 g/mol. The molecule has 26 heavy (non-hydrogen) atoms. The Balaban J connectivity index is 2.06. The second-order valence-corrected chi connectivity index (χ2v) is 6.59. The molecule has 2 heterocycles. The summed E-state index contributed by atoms with van der Waals surface area (Å²) in [6.45, 7) is 3.71. The number of aryl methyl sites for hydroxylation is 1. The Labute approximate surface area is 157 Å². The van der Waals surface area contributed by atoms with Gasteiger partial charge in [0.15, 0.2) is 0 Å². The molecule has 0 aliphatic carbocycles. The van der Waals surface area contributed by atoms with Crippen LogP contribution in [0.3, 0.4) is 0 Å². The largest absolute Gasteiger partial charge is 0.379 e. The molecule has 1 fully saturated rings. The van der Waals surface area contributed by atoms with Gasteiger partial charge in [-0.3, -0.25) is 4.79 Å². The quantitative estimate of drug-likeness (QED) is 0.855. The van der Waals surface area contributed by atoms with Crippen LogP contribution < -0.4 is 16.0 Å². The Kier molecular flexibility index (Phi) is 5.58. The van der Waals surface area contributed by atoms with E-state index < -0.39 is 0 Å². The van der Waals surface area contributed by atoms with Crippen LogP contribution in [0.15, 0.2) is 24.3 Å². The molecule has 1 aliphatic heterocycles. The number of carbonyl (C=O) groups excluding carboxylic acids is 1. The summed E-state index contributed by atoms with van der Waals surface area (Å²) >= 11 is 6.47. The van der Waals surface area contributed by atoms with Gasteiger partial charge in [0.25, 0.3) is 5.91 Å². The van der Waals surface area contributed by atoms with Gasteiger partial charge in [0.1, 0.15) is 5.82 Å². The molecule has 1 aromatic heterocycles. The van der Waals surface area contributed by atoms with E-state index in [-0.39, 0.29) is 17.9 Å². The third-order valence-electron chi connectivity index (χ3n) is 4.34. The van der Waals surface area contributed by atoms with Crippen molar-refractivity contribution in [3.8, 4) is 0 Å². The Morgan fingerprint density at radius 1 is 1.38 bits per heavy atom. The zero-order chi connectivity index (χ0) is 18.7. The van der Waals surface area contributed by atoms with Crippen LogP contribution in [-0.2, 0) is 4.74 Å². The average Bonchev–Trinajstić information content (AvgIpc) is 2.86. The summed E-state index contributed by atoms with van der Waals surface area (Å²) in [6, 6.07) is 6.97. The fourth-order valence-electron chi connectivity index (χ4n) is 3.12. The monoisotopic (exact) mass is 375 g/mol. The minimum atomic E-state index is -0.177. The molecule has 1 saturated heterocycles. The summed E-state index contributed by atoms with van der Waals surface area (Å²) in [5.41, 5.74) is 8.01. The van der Waals surface area contributed by atoms with Gasteiger partial charge in [-0.25, -0.2) is 4.98 Å². The number of carbonyl (C=O) groups is 1. The Bertz CT molecular complexity index is 794. The molecule has 8 heteroatoms. The molecule has 0 bridgehead atoms. The van der Waals surface area contributed by atoms with Crippen molar-refractivity contribution in [1.82, 2.24) is 15.3 Å². The van der Waals surface area contributed by atoms with Crippen LogP contribution in [0.5, 0.6) is 0 Å². The fourth-order valence-corrected chi connectivity index (χ4v) is 3.36. The number of benzene rings is 1. The molecule has 1 aliphatic rings. The number of ether oxygens (including phenoxy) is 1. The first-order valence-corrected chi connectivity index (χ1v) is 8.84. The number of nitrogens with two attached hydrogens (primary N) is 1. The minimum absolute atomic E-state index is 0.161. The lowest BCUT2D eigenvalue weighted by Gasteiger charge is -2.31. The van der Waals surface area contributed by atoms with Gasteiger partial charge >= 0.3 is 0 Å². The fraction of sp³-hybridized carbons (Fsp3) is 0.389. The molecule has 2 aromatic rings. The van der Waals surface area contributed by atoms with Crippen molar-refractivity contribution in [1.29, 1.82) is 0 Å². The molecule has 0 unspecified atom stereocenters. The number of aromatic nitrogens is 2. The lowest BCUT2D eigenvalue weighted by Crippen LogP contribution is -2.32. The molecule has 0 radical (unpaired) electrons. The molecule has 1 aromatic carbocycles. The van der Waals surface area contributed by atoms with Crippen molar-refractivity contribution in [2.75, 3.05) is 37.4 Å². The molecule has 1 atom stereocenters. The van der Waals surface area contributed by atoms with E-state index in [2.05, 4.69) is 20.2 Å². The first-order chi connectivity index (χ1) is 12.5. The maximum atomic E-state index is 12.0. The number of anilines is 2. The standard InChI is InChI=1S/C18H22ClN5O2/c1-11-8-16(23-18(20)22-11)24-6-3-7-26-10-15(24)13-9-12(17(25)21-2)4-5-14(13)19/h4-5,8-9,15H,3,6-7,10H2,1-2H3,(H,21,25)(H2,20,22,23)/t15-/m1/s1. The second-order valence-electron chi connectivity index (χ2n) is 6.18. The van der Waals surface area contributed by atoms with E-state index in [1.807, 2.05) is 19.1 Å². The lowest BCUT2D eigenvalue weighted by molar-refractivity contribution is 0.0962. The van der Waals surface area contributed by atoms with Crippen LogP contribution >= 0.6 is 11.6 Å². The van der Waals surface area contributed by atoms with Crippen LogP contribution in [0, 0.1) is 6.92 Å². The molecule has 7 nitrogen and oxygen atoms in total. The zero-order valence-electron chi connectivity index (χ0n) is 14.8. The summed E-state index contributed by atoms with van der Waals surface area (Å²) in [5.74, 6) is 0.798. The van der Waals surface area contributed by atoms with Crippen molar-refractivity contribution >= 4 is 29.3 Å². The molecule has 138 valence electrons. The predicted octanol–water partition coefficient (Wildman–Crippen LogP) is 2.35. The zero-order valence-corrected chi connectivity index (χ0v) is 15.6. The predicted molar refractivity (Wildman–Crippen MR) is 102 cm³/mol. The SMILES string of the molecule is CNC(=O)c1ccc(Cl)c([C@H]2COCCCN2c2cc(C)nc(N)n2)c1. The van der Waals surface area contributed by atoms with E-state index in [9.17, 15) is 4.79 Å². The third-order valence-corrected chi connectivity index (χ3v) is 4.68. The van der Waals surface area contributed by atoms with Crippen molar-refractivity contribution in [2.45, 2.75) is 19.4 Å². The average molecular weight is 376 g/mol. The molecule has 3 rings (SSSR count). The molecule has 1 amide bonds. The highest BCUT2D eigenvalue weighted by Gasteiger charge is 2.27. The lowest BCUT2D eigenvalue weighted by atomic mass is 10.0. The summed E-state index contributed by atoms with van der Waals surface area (Å²) in [7, 11) is 1.60. The number of nitrogens with zero attached hydrogens (tertiary/aromatic N) is 3. The van der Waals surface area contributed by atoms with Gasteiger partial charge in [-0.05, 0) is 37.1 Å². The Morgan fingerprint density at radius 2 is 2.19 bits per heavy atom. The Hall–Kier alpha value is -2.38. The van der Waals surface area contributed by atoms with Crippen molar-refractivity contribution in [3.05, 3.63) is 46.1 Å². The first kappa shape index (κ1) is 18.4. The summed E-state index contributed by atoms with van der Waals surface area (Å²) in [5, 5.41) is 3.22. The minimum Gasteiger partial charge on any atom is -0.379 e. The van der Waals surface area contributed by atoms with Gasteiger partial charge in [0, 0.05) is 42.5 Å². The smallest absolute Gasteiger partial charge is 0.251 e. The number of nitrogens with one attached hydrogen (secondary N) is 1. The highest BCUT2D eigenvalue weighted by atomic mass is 35.5. The van der Waals surface area contributed by atoms with Crippen LogP contribution in [0.1, 0.15) is 34.1 Å². The molecule has 3 N–H and O–H groups in total. The van der Waals surface area contributed by atoms with Crippen molar-refractivity contribution in [2.24, 2.45) is 0 Å². The van der Waals surface area contributed by atoms with E-state index in [1.54, 1.807) is 19.2 Å². The van der Waals surface area contributed by atoms with Crippen molar-refractivity contribution < 1.29 is 9.53 Å². The Morgan fingerprint density at radius 3 is 2.92 bits per heavy atom. The van der Waals surface area contributed by atoms with Gasteiger partial charge in [-0.2, -0.15) is 4.98 Å². The highest BCUT2D eigenvalue weighted by Crippen LogP contribution is 2.33. The number of amides is 1. The van der Waals surface area contributed by atoms with Gasteiger partial charge < -0.3 is 20.7 Å². The van der Waals surface area contributed by atoms with E-state index in [1.165, 1.54) is 0 Å². The molecule has 0 saturated carbocycles. The highest BCUT2D eigenvalue weighted by molar-refractivity contribution is 6.31. The molecular formula is C18H22ClN5O2. The van der Waals surface area contributed by atoms with Gasteiger partial charge in [-0.1, -0.05) is 11.6 Å². The number of halogens is 1. The normalized spacial score (nSPS) is 17.7. The summed E-state index contributed by atoms with van der Waals surface area (Å²) in [4.78, 5) is 22.7. The van der Waals surface area contributed by atoms with Crippen LogP contribution in [-0.4, -0.2) is 42.7 Å². The first-order valence-electron chi connectivity index (χ1n) is 8.46. The van der Waals surface area contributed by atoms with Crippen molar-refractivity contribution in [3.63, 3.8) is 0 Å². The number of nitrogen functional groups attached to an aromatic ring is 1. The second kappa shape index (κ2) is 7.88. The van der Waals surface area contributed by atoms with Crippen LogP contribution in [0.25, 0.3) is 0 Å². The van der Waals surface area contributed by atoms with E-state index in [0.29, 0.717) is 23.8 Å². The summed E-state index contributed by atoms with van der Waals surface area (Å²) in [6.07, 6.45) is 0.853. The molecule has 0 spiro atoms. The summed E-state index contributed by atoms with van der Waals surface area (Å²) < 4.78 is 5.78. The number of hydrogen-bond donors (Lipinski definition) is 2. The van der Waals surface area contributed by atoms with Crippen LogP contribution in [0.4, 0.5) is 11.8 Å². The maximum absolute atomic E-state index is 12.0. The van der Waals surface area contributed by atoms with Gasteiger partial charge in [0.05, 0.1) is 12.6 Å². The van der Waals surface area contributed by atoms with Gasteiger partial charge in [0.2, 0.25) is 5.95 Å². The number of rotatable bonds is 3. The topological polar surface area (TPSA) is 93.4 Å². The maximum Gasteiger partial charge on any atom is 0.251 e. The van der Waals surface area contributed by atoms with E-state index in [0.717, 1.165) is 30.0 Å². The third kappa shape index (κ3) is 3.89. The van der Waals surface area contributed by atoms with Gasteiger partial charge in [-0.15, -0.1) is 0 Å². The van der Waals surface area contributed by atoms with E-state index >= 15 is 0 Å². The van der Waals surface area contributed by atoms with Crippen LogP contribution in [0.2, 0.25) is 5.02 Å².